The van der Waals surface area contributed by atoms with Crippen molar-refractivity contribution in [2.45, 2.75) is 44.8 Å². The summed E-state index contributed by atoms with van der Waals surface area (Å²) < 4.78 is 26.2. The van der Waals surface area contributed by atoms with E-state index in [1.54, 1.807) is 12.3 Å². The van der Waals surface area contributed by atoms with Crippen molar-refractivity contribution in [3.05, 3.63) is 23.9 Å². The molecule has 0 radical (unpaired) electrons. The Morgan fingerprint density at radius 2 is 2.14 bits per heavy atom. The van der Waals surface area contributed by atoms with Crippen LogP contribution in [-0.2, 0) is 16.6 Å². The van der Waals surface area contributed by atoms with Crippen LogP contribution in [0.3, 0.4) is 0 Å². The number of hydrogen-bond acceptors (Lipinski definition) is 4. The normalized spacial score (nSPS) is 11.8. The Hall–Kier alpha value is -1.42. The number of sulfonamides is 1. The molecule has 1 aromatic rings. The van der Waals surface area contributed by atoms with Crippen LogP contribution >= 0.6 is 0 Å². The van der Waals surface area contributed by atoms with E-state index in [1.807, 2.05) is 6.92 Å². The van der Waals surface area contributed by atoms with Gasteiger partial charge in [-0.2, -0.15) is 4.31 Å². The lowest BCUT2D eigenvalue weighted by Gasteiger charge is -2.18. The number of nitrogens with one attached hydrogen (secondary N) is 1. The van der Waals surface area contributed by atoms with Gasteiger partial charge in [0.15, 0.2) is 5.03 Å². The Labute approximate surface area is 127 Å². The van der Waals surface area contributed by atoms with Gasteiger partial charge < -0.3 is 5.32 Å². The highest BCUT2D eigenvalue weighted by molar-refractivity contribution is 7.89. The summed E-state index contributed by atoms with van der Waals surface area (Å²) in [5.74, 6) is 2.38. The van der Waals surface area contributed by atoms with Gasteiger partial charge >= 0.3 is 0 Å². The molecule has 21 heavy (non-hydrogen) atoms. The first-order chi connectivity index (χ1) is 9.91. The van der Waals surface area contributed by atoms with Gasteiger partial charge in [0.25, 0.3) is 10.0 Å². The quantitative estimate of drug-likeness (QED) is 0.741. The summed E-state index contributed by atoms with van der Waals surface area (Å²) in [4.78, 5) is 4.08. The highest BCUT2D eigenvalue weighted by atomic mass is 32.2. The molecule has 0 saturated heterocycles. The molecule has 0 aliphatic heterocycles. The fourth-order valence-electron chi connectivity index (χ4n) is 1.76. The van der Waals surface area contributed by atoms with Crippen LogP contribution in [0.25, 0.3) is 0 Å². The molecule has 0 aromatic carbocycles. The molecule has 0 bridgehead atoms. The van der Waals surface area contributed by atoms with Crippen LogP contribution in [0.2, 0.25) is 0 Å². The van der Waals surface area contributed by atoms with Crippen LogP contribution in [0.4, 0.5) is 0 Å². The lowest BCUT2D eigenvalue weighted by atomic mass is 10.2. The van der Waals surface area contributed by atoms with Gasteiger partial charge in [0, 0.05) is 25.3 Å². The molecule has 116 valence electrons. The maximum absolute atomic E-state index is 12.4. The van der Waals surface area contributed by atoms with Gasteiger partial charge in [0.05, 0.1) is 6.54 Å². The molecule has 0 fully saturated rings. The smallest absolute Gasteiger partial charge is 0.261 e. The van der Waals surface area contributed by atoms with Crippen molar-refractivity contribution < 1.29 is 8.42 Å². The zero-order valence-corrected chi connectivity index (χ0v) is 13.7. The van der Waals surface area contributed by atoms with Gasteiger partial charge in [-0.05, 0) is 18.1 Å². The van der Waals surface area contributed by atoms with E-state index in [-0.39, 0.29) is 11.6 Å². The summed E-state index contributed by atoms with van der Waals surface area (Å²) in [6.45, 7) is 7.13. The monoisotopic (exact) mass is 309 g/mol. The first-order valence-electron chi connectivity index (χ1n) is 7.03. The zero-order valence-electron chi connectivity index (χ0n) is 12.8. The van der Waals surface area contributed by atoms with Crippen LogP contribution in [0, 0.1) is 12.3 Å². The van der Waals surface area contributed by atoms with Gasteiger partial charge in [-0.15, -0.1) is 6.42 Å². The molecular weight excluding hydrogens is 286 g/mol. The molecule has 6 heteroatoms. The summed E-state index contributed by atoms with van der Waals surface area (Å²) in [7, 11) is -3.61. The van der Waals surface area contributed by atoms with E-state index in [0.717, 1.165) is 5.56 Å². The molecule has 1 N–H and O–H groups in total. The second-order valence-corrected chi connectivity index (χ2v) is 6.97. The third-order valence-corrected chi connectivity index (χ3v) is 4.62. The van der Waals surface area contributed by atoms with Crippen LogP contribution < -0.4 is 5.32 Å². The molecule has 0 unspecified atom stereocenters. The van der Waals surface area contributed by atoms with E-state index in [1.165, 1.54) is 10.4 Å². The van der Waals surface area contributed by atoms with Gasteiger partial charge in [-0.25, -0.2) is 13.4 Å². The average Bonchev–Trinajstić information content (AvgIpc) is 2.45. The molecule has 0 saturated carbocycles. The maximum atomic E-state index is 12.4. The number of nitrogens with zero attached hydrogens (tertiary/aromatic N) is 2. The minimum Gasteiger partial charge on any atom is -0.310 e. The van der Waals surface area contributed by atoms with E-state index in [0.29, 0.717) is 25.6 Å². The molecule has 5 nitrogen and oxygen atoms in total. The van der Waals surface area contributed by atoms with Crippen LogP contribution in [0.1, 0.15) is 32.8 Å². The minimum atomic E-state index is -3.61. The predicted molar refractivity (Wildman–Crippen MR) is 84.1 cm³/mol. The number of hydrogen-bond donors (Lipinski definition) is 1. The average molecular weight is 309 g/mol. The van der Waals surface area contributed by atoms with Crippen molar-refractivity contribution in [2.24, 2.45) is 0 Å². The molecule has 0 aliphatic carbocycles. The lowest BCUT2D eigenvalue weighted by molar-refractivity contribution is 0.443. The standard InChI is InChI=1S/C15H23N3O2S/c1-5-9-18(10-6-2)21(19,20)15-8-7-14(12-17-15)11-16-13(3)4/h1,7-8,12-13,16H,6,9-11H2,2-4H3. The van der Waals surface area contributed by atoms with E-state index in [4.69, 9.17) is 6.42 Å². The Morgan fingerprint density at radius 1 is 1.43 bits per heavy atom. The molecule has 0 spiro atoms. The Balaban J connectivity index is 2.90. The largest absolute Gasteiger partial charge is 0.310 e. The van der Waals surface area contributed by atoms with Crippen molar-refractivity contribution in [1.82, 2.24) is 14.6 Å². The van der Waals surface area contributed by atoms with E-state index < -0.39 is 10.0 Å². The minimum absolute atomic E-state index is 0.0412. The number of terminal acetylenes is 1. The molecule has 0 amide bonds. The highest BCUT2D eigenvalue weighted by Crippen LogP contribution is 2.14. The topological polar surface area (TPSA) is 62.3 Å². The molecule has 0 aliphatic rings. The summed E-state index contributed by atoms with van der Waals surface area (Å²) in [5, 5.41) is 3.30. The number of pyridine rings is 1. The first-order valence-corrected chi connectivity index (χ1v) is 8.47. The lowest BCUT2D eigenvalue weighted by Crippen LogP contribution is -2.32. The number of rotatable bonds is 8. The van der Waals surface area contributed by atoms with E-state index in [2.05, 4.69) is 30.1 Å². The summed E-state index contributed by atoms with van der Waals surface area (Å²) in [6.07, 6.45) is 7.53. The Morgan fingerprint density at radius 3 is 2.62 bits per heavy atom. The van der Waals surface area contributed by atoms with Gasteiger partial charge in [-0.1, -0.05) is 32.8 Å². The van der Waals surface area contributed by atoms with Gasteiger partial charge in [-0.3, -0.25) is 0 Å². The second-order valence-electron chi connectivity index (χ2n) is 5.08. The Bertz CT molecular complexity index is 574. The molecule has 1 aromatic heterocycles. The number of aromatic nitrogens is 1. The van der Waals surface area contributed by atoms with Crippen LogP contribution in [0.15, 0.2) is 23.4 Å². The third kappa shape index (κ3) is 5.12. The van der Waals surface area contributed by atoms with Gasteiger partial charge in [0.1, 0.15) is 0 Å². The van der Waals surface area contributed by atoms with E-state index in [9.17, 15) is 8.42 Å². The fraction of sp³-hybridized carbons (Fsp3) is 0.533. The van der Waals surface area contributed by atoms with Crippen molar-refractivity contribution in [1.29, 1.82) is 0 Å². The van der Waals surface area contributed by atoms with Crippen molar-refractivity contribution in [3.8, 4) is 12.3 Å². The second kappa shape index (κ2) is 8.13. The molecule has 1 rings (SSSR count). The molecular formula is C15H23N3O2S. The molecule has 1 heterocycles. The van der Waals surface area contributed by atoms with E-state index >= 15 is 0 Å². The predicted octanol–water partition coefficient (Wildman–Crippen LogP) is 1.61. The third-order valence-electron chi connectivity index (χ3n) is 2.86. The summed E-state index contributed by atoms with van der Waals surface area (Å²) in [6, 6.07) is 3.67. The zero-order chi connectivity index (χ0) is 15.9. The van der Waals surface area contributed by atoms with Crippen molar-refractivity contribution in [2.75, 3.05) is 13.1 Å². The summed E-state index contributed by atoms with van der Waals surface area (Å²) >= 11 is 0. The van der Waals surface area contributed by atoms with Crippen molar-refractivity contribution in [3.63, 3.8) is 0 Å². The van der Waals surface area contributed by atoms with Gasteiger partial charge in [0.2, 0.25) is 0 Å². The Kier molecular flexibility index (Phi) is 6.82. The van der Waals surface area contributed by atoms with Crippen molar-refractivity contribution >= 4 is 10.0 Å². The highest BCUT2D eigenvalue weighted by Gasteiger charge is 2.24. The fourth-order valence-corrected chi connectivity index (χ4v) is 3.12. The maximum Gasteiger partial charge on any atom is 0.261 e. The summed E-state index contributed by atoms with van der Waals surface area (Å²) in [5.41, 5.74) is 0.946. The van der Waals surface area contributed by atoms with Crippen LogP contribution in [0.5, 0.6) is 0 Å². The first kappa shape index (κ1) is 17.6. The van der Waals surface area contributed by atoms with Crippen LogP contribution in [-0.4, -0.2) is 36.8 Å². The molecule has 0 atom stereocenters. The SMILES string of the molecule is C#CCN(CCC)S(=O)(=O)c1ccc(CNC(C)C)cn1.